The van der Waals surface area contributed by atoms with Gasteiger partial charge in [0.1, 0.15) is 23.3 Å². The predicted octanol–water partition coefficient (Wildman–Crippen LogP) is 5.09. The molecule has 0 atom stereocenters. The van der Waals surface area contributed by atoms with Crippen LogP contribution < -0.4 is 14.9 Å². The highest BCUT2D eigenvalue weighted by Crippen LogP contribution is 2.28. The minimum atomic E-state index is -0.446. The molecule has 0 saturated carbocycles. The summed E-state index contributed by atoms with van der Waals surface area (Å²) in [6.07, 6.45) is 1.29. The molecule has 2 aromatic carbocycles. The van der Waals surface area contributed by atoms with Gasteiger partial charge in [-0.05, 0) is 61.6 Å². The van der Waals surface area contributed by atoms with E-state index in [1.165, 1.54) is 6.26 Å². The monoisotopic (exact) mass is 410 g/mol. The van der Waals surface area contributed by atoms with Crippen molar-refractivity contribution in [2.45, 2.75) is 34.6 Å². The van der Waals surface area contributed by atoms with Crippen LogP contribution in [-0.4, -0.2) is 19.2 Å². The molecule has 3 rings (SSSR count). The summed E-state index contributed by atoms with van der Waals surface area (Å²) in [6.45, 7) is 9.97. The Balaban J connectivity index is 1.78. The Morgan fingerprint density at radius 1 is 1.07 bits per heavy atom. The molecule has 30 heavy (non-hydrogen) atoms. The zero-order chi connectivity index (χ0) is 21.8. The number of hydrogen-bond acceptors (Lipinski definition) is 6. The number of aryl methyl sites for hydroxylation is 2. The van der Waals surface area contributed by atoms with Crippen LogP contribution in [0.5, 0.6) is 17.2 Å². The Bertz CT molecular complexity index is 1130. The van der Waals surface area contributed by atoms with Gasteiger partial charge in [-0.1, -0.05) is 19.9 Å². The molecule has 6 nitrogen and oxygen atoms in total. The van der Waals surface area contributed by atoms with Crippen molar-refractivity contribution < 1.29 is 23.4 Å². The average Bonchev–Trinajstić information content (AvgIpc) is 2.70. The number of benzene rings is 2. The SMILES string of the molecule is Cc1cc(C)c(C)c(Oc2coc3cc(OCC(=O)OCC(C)C)ccc3c2=O)c1. The second-order valence-corrected chi connectivity index (χ2v) is 7.76. The number of hydrogen-bond donors (Lipinski definition) is 0. The Morgan fingerprint density at radius 3 is 2.57 bits per heavy atom. The number of fused-ring (bicyclic) bond motifs is 1. The van der Waals surface area contributed by atoms with Gasteiger partial charge in [-0.2, -0.15) is 0 Å². The Hall–Kier alpha value is -3.28. The molecule has 0 aliphatic carbocycles. The first-order valence-electron chi connectivity index (χ1n) is 9.84. The van der Waals surface area contributed by atoms with Crippen molar-refractivity contribution in [2.75, 3.05) is 13.2 Å². The highest BCUT2D eigenvalue weighted by molar-refractivity contribution is 5.79. The molecule has 0 amide bonds. The van der Waals surface area contributed by atoms with E-state index in [4.69, 9.17) is 18.6 Å². The van der Waals surface area contributed by atoms with Gasteiger partial charge in [0.05, 0.1) is 12.0 Å². The molecule has 0 aliphatic rings. The molecule has 0 unspecified atom stereocenters. The van der Waals surface area contributed by atoms with Gasteiger partial charge in [0.25, 0.3) is 0 Å². The summed E-state index contributed by atoms with van der Waals surface area (Å²) in [7, 11) is 0. The van der Waals surface area contributed by atoms with Crippen LogP contribution in [0.25, 0.3) is 11.0 Å². The van der Waals surface area contributed by atoms with E-state index in [0.717, 1.165) is 16.7 Å². The topological polar surface area (TPSA) is 75.0 Å². The van der Waals surface area contributed by atoms with Crippen molar-refractivity contribution >= 4 is 16.9 Å². The zero-order valence-corrected chi connectivity index (χ0v) is 17.9. The molecule has 1 heterocycles. The lowest BCUT2D eigenvalue weighted by atomic mass is 10.1. The first kappa shape index (κ1) is 21.4. The van der Waals surface area contributed by atoms with Crippen molar-refractivity contribution in [3.05, 3.63) is 63.5 Å². The van der Waals surface area contributed by atoms with Crippen LogP contribution in [0.1, 0.15) is 30.5 Å². The third-order valence-electron chi connectivity index (χ3n) is 4.63. The van der Waals surface area contributed by atoms with Gasteiger partial charge in [0, 0.05) is 6.07 Å². The molecule has 0 aliphatic heterocycles. The Kier molecular flexibility index (Phi) is 6.45. The number of rotatable bonds is 7. The van der Waals surface area contributed by atoms with Crippen molar-refractivity contribution in [3.8, 4) is 17.2 Å². The molecule has 3 aromatic rings. The quantitative estimate of drug-likeness (QED) is 0.505. The van der Waals surface area contributed by atoms with E-state index in [2.05, 4.69) is 6.07 Å². The highest BCUT2D eigenvalue weighted by atomic mass is 16.6. The van der Waals surface area contributed by atoms with E-state index in [1.807, 2.05) is 40.7 Å². The largest absolute Gasteiger partial charge is 0.482 e. The van der Waals surface area contributed by atoms with Gasteiger partial charge < -0.3 is 18.6 Å². The van der Waals surface area contributed by atoms with E-state index in [9.17, 15) is 9.59 Å². The van der Waals surface area contributed by atoms with Crippen LogP contribution in [0.15, 0.2) is 45.8 Å². The van der Waals surface area contributed by atoms with Crippen LogP contribution in [-0.2, 0) is 9.53 Å². The van der Waals surface area contributed by atoms with Gasteiger partial charge >= 0.3 is 5.97 Å². The first-order chi connectivity index (χ1) is 14.2. The third-order valence-corrected chi connectivity index (χ3v) is 4.63. The lowest BCUT2D eigenvalue weighted by molar-refractivity contribution is -0.147. The summed E-state index contributed by atoms with van der Waals surface area (Å²) in [5.74, 6) is 0.956. The number of esters is 1. The minimum Gasteiger partial charge on any atom is -0.482 e. The maximum atomic E-state index is 12.8. The van der Waals surface area contributed by atoms with E-state index in [0.29, 0.717) is 29.1 Å². The van der Waals surface area contributed by atoms with Crippen LogP contribution in [0, 0.1) is 26.7 Å². The smallest absolute Gasteiger partial charge is 0.344 e. The lowest BCUT2D eigenvalue weighted by Gasteiger charge is -2.12. The van der Waals surface area contributed by atoms with E-state index < -0.39 is 5.97 Å². The minimum absolute atomic E-state index is 0.113. The molecule has 0 saturated heterocycles. The van der Waals surface area contributed by atoms with Crippen molar-refractivity contribution in [1.29, 1.82) is 0 Å². The number of ether oxygens (including phenoxy) is 3. The number of carbonyl (C=O) groups excluding carboxylic acids is 1. The normalized spacial score (nSPS) is 11.0. The molecule has 0 radical (unpaired) electrons. The van der Waals surface area contributed by atoms with Crippen LogP contribution in [0.3, 0.4) is 0 Å². The summed E-state index contributed by atoms with van der Waals surface area (Å²) in [6, 6.07) is 8.72. The van der Waals surface area contributed by atoms with Gasteiger partial charge in [-0.15, -0.1) is 0 Å². The maximum Gasteiger partial charge on any atom is 0.344 e. The Labute approximate surface area is 175 Å². The molecular weight excluding hydrogens is 384 g/mol. The molecule has 0 bridgehead atoms. The average molecular weight is 410 g/mol. The molecular formula is C24H26O6. The molecule has 0 fully saturated rings. The van der Waals surface area contributed by atoms with Crippen LogP contribution >= 0.6 is 0 Å². The van der Waals surface area contributed by atoms with Crippen molar-refractivity contribution in [2.24, 2.45) is 5.92 Å². The second kappa shape index (κ2) is 9.03. The molecule has 0 N–H and O–H groups in total. The van der Waals surface area contributed by atoms with E-state index in [1.54, 1.807) is 18.2 Å². The van der Waals surface area contributed by atoms with Crippen LogP contribution in [0.2, 0.25) is 0 Å². The summed E-state index contributed by atoms with van der Waals surface area (Å²) < 4.78 is 22.0. The summed E-state index contributed by atoms with van der Waals surface area (Å²) in [5.41, 5.74) is 3.17. The standard InChI is InChI=1S/C24H26O6/c1-14(2)11-29-23(25)13-27-18-6-7-19-21(10-18)28-12-22(24(19)26)30-20-9-15(3)8-16(4)17(20)5/h6-10,12,14H,11,13H2,1-5H3. The summed E-state index contributed by atoms with van der Waals surface area (Å²) in [4.78, 5) is 24.5. The maximum absolute atomic E-state index is 12.8. The fourth-order valence-electron chi connectivity index (χ4n) is 2.92. The van der Waals surface area contributed by atoms with Gasteiger partial charge in [0.15, 0.2) is 6.61 Å². The summed E-state index contributed by atoms with van der Waals surface area (Å²) >= 11 is 0. The highest BCUT2D eigenvalue weighted by Gasteiger charge is 2.13. The lowest BCUT2D eigenvalue weighted by Crippen LogP contribution is -2.17. The second-order valence-electron chi connectivity index (χ2n) is 7.76. The number of carbonyl (C=O) groups is 1. The predicted molar refractivity (Wildman–Crippen MR) is 115 cm³/mol. The van der Waals surface area contributed by atoms with E-state index >= 15 is 0 Å². The summed E-state index contributed by atoms with van der Waals surface area (Å²) in [5, 5.41) is 0.365. The molecule has 6 heteroatoms. The third kappa shape index (κ3) is 5.00. The molecule has 0 spiro atoms. The molecule has 158 valence electrons. The fourth-order valence-corrected chi connectivity index (χ4v) is 2.92. The zero-order valence-electron chi connectivity index (χ0n) is 17.9. The van der Waals surface area contributed by atoms with Crippen molar-refractivity contribution in [3.63, 3.8) is 0 Å². The van der Waals surface area contributed by atoms with Gasteiger partial charge in [-0.25, -0.2) is 4.79 Å². The van der Waals surface area contributed by atoms with Gasteiger partial charge in [0.2, 0.25) is 11.2 Å². The van der Waals surface area contributed by atoms with Crippen molar-refractivity contribution in [1.82, 2.24) is 0 Å². The van der Waals surface area contributed by atoms with Crippen LogP contribution in [0.4, 0.5) is 0 Å². The van der Waals surface area contributed by atoms with E-state index in [-0.39, 0.29) is 23.7 Å². The fraction of sp³-hybridized carbons (Fsp3) is 0.333. The Morgan fingerprint density at radius 2 is 1.83 bits per heavy atom. The first-order valence-corrected chi connectivity index (χ1v) is 9.84. The molecule has 1 aromatic heterocycles. The van der Waals surface area contributed by atoms with Gasteiger partial charge in [-0.3, -0.25) is 4.79 Å².